The Morgan fingerprint density at radius 3 is 1.25 bits per heavy atom. The maximum absolute atomic E-state index is 6.43. The number of rotatable bonds is 4. The maximum atomic E-state index is 6.43. The van der Waals surface area contributed by atoms with Gasteiger partial charge in [0, 0.05) is 0 Å². The first-order valence-electron chi connectivity index (χ1n) is 12.8. The summed E-state index contributed by atoms with van der Waals surface area (Å²) < 4.78 is 25.7. The van der Waals surface area contributed by atoms with Crippen molar-refractivity contribution in [3.63, 3.8) is 0 Å². The third-order valence-corrected chi connectivity index (χ3v) is 8.33. The summed E-state index contributed by atoms with van der Waals surface area (Å²) in [6, 6.07) is 25.5. The SMILES string of the molecule is CC1(C)OB(c2cc(B3OC(C)(C)C(C)(C)O3)cc(-c3cccc(-c4ccccc4)c3)c2)OC1(C)C. The van der Waals surface area contributed by atoms with E-state index in [-0.39, 0.29) is 0 Å². The normalized spacial score (nSPS) is 21.7. The molecule has 36 heavy (non-hydrogen) atoms. The van der Waals surface area contributed by atoms with Gasteiger partial charge in [0.1, 0.15) is 0 Å². The molecule has 0 spiro atoms. The van der Waals surface area contributed by atoms with Crippen molar-refractivity contribution in [1.29, 1.82) is 0 Å². The zero-order valence-corrected chi connectivity index (χ0v) is 22.7. The molecule has 0 N–H and O–H groups in total. The highest BCUT2D eigenvalue weighted by atomic mass is 16.7. The molecule has 0 saturated carbocycles. The summed E-state index contributed by atoms with van der Waals surface area (Å²) in [4.78, 5) is 0. The van der Waals surface area contributed by atoms with Gasteiger partial charge in [0.05, 0.1) is 22.4 Å². The molecule has 4 nitrogen and oxygen atoms in total. The monoisotopic (exact) mass is 482 g/mol. The Balaban J connectivity index is 1.60. The Bertz CT molecular complexity index is 1180. The van der Waals surface area contributed by atoms with Crippen LogP contribution in [0.1, 0.15) is 55.4 Å². The van der Waals surface area contributed by atoms with E-state index in [1.54, 1.807) is 0 Å². The summed E-state index contributed by atoms with van der Waals surface area (Å²) >= 11 is 0. The predicted octanol–water partition coefficient (Wildman–Crippen LogP) is 5.62. The first kappa shape index (κ1) is 25.3. The fourth-order valence-electron chi connectivity index (χ4n) is 4.58. The smallest absolute Gasteiger partial charge is 0.399 e. The minimum Gasteiger partial charge on any atom is -0.399 e. The number of benzene rings is 3. The van der Waals surface area contributed by atoms with Crippen molar-refractivity contribution >= 4 is 25.2 Å². The summed E-state index contributed by atoms with van der Waals surface area (Å²) in [7, 11) is -0.957. The zero-order chi connectivity index (χ0) is 25.9. The molecule has 186 valence electrons. The van der Waals surface area contributed by atoms with Crippen molar-refractivity contribution in [2.45, 2.75) is 77.8 Å². The Kier molecular flexibility index (Phi) is 6.04. The molecule has 0 amide bonds. The van der Waals surface area contributed by atoms with E-state index in [1.165, 1.54) is 11.1 Å². The molecule has 5 rings (SSSR count). The fourth-order valence-corrected chi connectivity index (χ4v) is 4.58. The summed E-state index contributed by atoms with van der Waals surface area (Å²) in [5.74, 6) is 0. The molecule has 0 bridgehead atoms. The van der Waals surface area contributed by atoms with Crippen LogP contribution in [0.4, 0.5) is 0 Å². The summed E-state index contributed by atoms with van der Waals surface area (Å²) in [5, 5.41) is 0. The van der Waals surface area contributed by atoms with Crippen LogP contribution < -0.4 is 10.9 Å². The fraction of sp³-hybridized carbons (Fsp3) is 0.400. The molecule has 2 saturated heterocycles. The van der Waals surface area contributed by atoms with Gasteiger partial charge in [-0.2, -0.15) is 0 Å². The first-order valence-corrected chi connectivity index (χ1v) is 12.8. The lowest BCUT2D eigenvalue weighted by Crippen LogP contribution is -2.41. The molecule has 6 heteroatoms. The topological polar surface area (TPSA) is 36.9 Å². The molecule has 0 radical (unpaired) electrons. The van der Waals surface area contributed by atoms with Gasteiger partial charge < -0.3 is 18.6 Å². The molecular formula is C30H36B2O4. The van der Waals surface area contributed by atoms with E-state index < -0.39 is 36.6 Å². The predicted molar refractivity (Wildman–Crippen MR) is 149 cm³/mol. The minimum absolute atomic E-state index is 0.425. The van der Waals surface area contributed by atoms with Gasteiger partial charge in [-0.05, 0) is 94.6 Å². The van der Waals surface area contributed by atoms with E-state index in [0.717, 1.165) is 22.1 Å². The summed E-state index contributed by atoms with van der Waals surface area (Å²) in [5.41, 5.74) is 4.77. The van der Waals surface area contributed by atoms with Crippen molar-refractivity contribution in [3.8, 4) is 22.3 Å². The zero-order valence-electron chi connectivity index (χ0n) is 22.7. The molecule has 2 heterocycles. The van der Waals surface area contributed by atoms with Crippen molar-refractivity contribution in [2.24, 2.45) is 0 Å². The van der Waals surface area contributed by atoms with Gasteiger partial charge in [-0.1, -0.05) is 66.7 Å². The van der Waals surface area contributed by atoms with Gasteiger partial charge in [0.15, 0.2) is 0 Å². The molecule has 2 fully saturated rings. The highest BCUT2D eigenvalue weighted by molar-refractivity contribution is 6.66. The van der Waals surface area contributed by atoms with Crippen molar-refractivity contribution in [2.75, 3.05) is 0 Å². The third kappa shape index (κ3) is 4.45. The molecule has 2 aliphatic rings. The van der Waals surface area contributed by atoms with Gasteiger partial charge in [-0.25, -0.2) is 0 Å². The van der Waals surface area contributed by atoms with Crippen molar-refractivity contribution < 1.29 is 18.6 Å². The summed E-state index contributed by atoms with van der Waals surface area (Å²) in [6.07, 6.45) is 0. The van der Waals surface area contributed by atoms with Crippen molar-refractivity contribution in [3.05, 3.63) is 72.8 Å². The van der Waals surface area contributed by atoms with Gasteiger partial charge in [-0.3, -0.25) is 0 Å². The van der Waals surface area contributed by atoms with Crippen LogP contribution in [0.5, 0.6) is 0 Å². The molecule has 2 aliphatic heterocycles. The lowest BCUT2D eigenvalue weighted by Gasteiger charge is -2.32. The van der Waals surface area contributed by atoms with E-state index in [0.29, 0.717) is 0 Å². The van der Waals surface area contributed by atoms with E-state index in [4.69, 9.17) is 18.6 Å². The van der Waals surface area contributed by atoms with Gasteiger partial charge in [-0.15, -0.1) is 0 Å². The van der Waals surface area contributed by atoms with E-state index >= 15 is 0 Å². The van der Waals surface area contributed by atoms with Crippen LogP contribution in [-0.4, -0.2) is 36.6 Å². The van der Waals surface area contributed by atoms with Crippen LogP contribution in [0.3, 0.4) is 0 Å². The second kappa shape index (κ2) is 8.59. The second-order valence-corrected chi connectivity index (χ2v) is 12.0. The Morgan fingerprint density at radius 2 is 0.806 bits per heavy atom. The first-order chi connectivity index (χ1) is 16.8. The van der Waals surface area contributed by atoms with E-state index in [2.05, 4.69) is 122 Å². The molecule has 3 aromatic rings. The lowest BCUT2D eigenvalue weighted by atomic mass is 9.70. The minimum atomic E-state index is -0.478. The molecular weight excluding hydrogens is 446 g/mol. The van der Waals surface area contributed by atoms with Gasteiger partial charge in [0.2, 0.25) is 0 Å². The highest BCUT2D eigenvalue weighted by Gasteiger charge is 2.54. The molecule has 0 atom stereocenters. The van der Waals surface area contributed by atoms with Crippen LogP contribution >= 0.6 is 0 Å². The van der Waals surface area contributed by atoms with Crippen molar-refractivity contribution in [1.82, 2.24) is 0 Å². The third-order valence-electron chi connectivity index (χ3n) is 8.33. The molecule has 0 aromatic heterocycles. The Morgan fingerprint density at radius 1 is 0.417 bits per heavy atom. The second-order valence-electron chi connectivity index (χ2n) is 12.0. The molecule has 3 aromatic carbocycles. The molecule has 0 aliphatic carbocycles. The van der Waals surface area contributed by atoms with E-state index in [1.807, 2.05) is 6.07 Å². The largest absolute Gasteiger partial charge is 0.494 e. The van der Waals surface area contributed by atoms with Gasteiger partial charge >= 0.3 is 14.2 Å². The van der Waals surface area contributed by atoms with Gasteiger partial charge in [0.25, 0.3) is 0 Å². The Labute approximate surface area is 216 Å². The average molecular weight is 482 g/mol. The van der Waals surface area contributed by atoms with Crippen LogP contribution in [0.2, 0.25) is 0 Å². The number of hydrogen-bond acceptors (Lipinski definition) is 4. The lowest BCUT2D eigenvalue weighted by molar-refractivity contribution is 0.00578. The standard InChI is InChI=1S/C30H36B2O4/c1-27(2)28(3,4)34-31(33-27)25-18-24(19-26(20-25)32-35-29(5,6)30(7,8)36-32)23-16-12-15-22(17-23)21-13-10-9-11-14-21/h9-20H,1-8H3. The maximum Gasteiger partial charge on any atom is 0.494 e. The van der Waals surface area contributed by atoms with Crippen LogP contribution in [-0.2, 0) is 18.6 Å². The number of hydrogen-bond donors (Lipinski definition) is 0. The quantitative estimate of drug-likeness (QED) is 0.453. The average Bonchev–Trinajstić information content (AvgIpc) is 3.19. The van der Waals surface area contributed by atoms with Crippen LogP contribution in [0, 0.1) is 0 Å². The highest BCUT2D eigenvalue weighted by Crippen LogP contribution is 2.38. The van der Waals surface area contributed by atoms with E-state index in [9.17, 15) is 0 Å². The van der Waals surface area contributed by atoms with Crippen LogP contribution in [0.15, 0.2) is 72.8 Å². The van der Waals surface area contributed by atoms with Crippen LogP contribution in [0.25, 0.3) is 22.3 Å². The summed E-state index contributed by atoms with van der Waals surface area (Å²) in [6.45, 7) is 16.6. The Hall–Kier alpha value is -2.37. The molecule has 0 unspecified atom stereocenters.